The highest BCUT2D eigenvalue weighted by atomic mass is 79.9. The molecule has 1 aliphatic heterocycles. The van der Waals surface area contributed by atoms with E-state index in [0.717, 1.165) is 23.0 Å². The topological polar surface area (TPSA) is 47.6 Å². The summed E-state index contributed by atoms with van der Waals surface area (Å²) in [6, 6.07) is 8.26. The Labute approximate surface area is 165 Å². The molecule has 4 nitrogen and oxygen atoms in total. The van der Waals surface area contributed by atoms with Crippen molar-refractivity contribution in [3.63, 3.8) is 0 Å². The first-order valence-corrected chi connectivity index (χ1v) is 10.4. The molecule has 1 saturated carbocycles. The van der Waals surface area contributed by atoms with Gasteiger partial charge in [0, 0.05) is 23.0 Å². The quantitative estimate of drug-likeness (QED) is 0.712. The van der Waals surface area contributed by atoms with Crippen LogP contribution in [0.25, 0.3) is 0 Å². The summed E-state index contributed by atoms with van der Waals surface area (Å²) in [5, 5.41) is 3.76. The van der Waals surface area contributed by atoms with Gasteiger partial charge in [-0.25, -0.2) is 4.79 Å². The van der Waals surface area contributed by atoms with Gasteiger partial charge in [-0.1, -0.05) is 47.3 Å². The van der Waals surface area contributed by atoms with Crippen LogP contribution in [0.4, 0.5) is 0 Å². The predicted molar refractivity (Wildman–Crippen MR) is 106 cm³/mol. The highest BCUT2D eigenvalue weighted by Crippen LogP contribution is 2.46. The largest absolute Gasteiger partial charge is 0.458 e. The molecule has 0 radical (unpaired) electrons. The van der Waals surface area contributed by atoms with Gasteiger partial charge in [-0.3, -0.25) is 0 Å². The van der Waals surface area contributed by atoms with E-state index in [4.69, 9.17) is 9.47 Å². The number of hydrogen-bond donors (Lipinski definition) is 1. The maximum atomic E-state index is 12.2. The van der Waals surface area contributed by atoms with Crippen LogP contribution in [-0.4, -0.2) is 30.3 Å². The van der Waals surface area contributed by atoms with E-state index in [1.165, 1.54) is 32.1 Å². The van der Waals surface area contributed by atoms with E-state index >= 15 is 0 Å². The minimum Gasteiger partial charge on any atom is -0.458 e. The van der Waals surface area contributed by atoms with Gasteiger partial charge in [-0.05, 0) is 51.3 Å². The van der Waals surface area contributed by atoms with Crippen LogP contribution in [0.2, 0.25) is 0 Å². The molecular formula is C21H30BrNO3. The molecule has 1 N–H and O–H groups in total. The number of halogens is 1. The molecule has 2 aliphatic rings. The van der Waals surface area contributed by atoms with Gasteiger partial charge in [-0.15, -0.1) is 0 Å². The van der Waals surface area contributed by atoms with Crippen molar-refractivity contribution >= 4 is 21.9 Å². The molecule has 0 bridgehead atoms. The second-order valence-corrected chi connectivity index (χ2v) is 9.67. The molecule has 1 spiro atoms. The molecule has 5 heteroatoms. The number of carbonyl (C=O) groups excluding carboxylic acids is 1. The maximum Gasteiger partial charge on any atom is 0.332 e. The zero-order chi connectivity index (χ0) is 18.8. The molecule has 0 amide bonds. The Kier molecular flexibility index (Phi) is 5.80. The lowest BCUT2D eigenvalue weighted by atomic mass is 9.76. The number of nitrogens with one attached hydrogen (secondary N) is 1. The highest BCUT2D eigenvalue weighted by molar-refractivity contribution is 9.10. The van der Waals surface area contributed by atoms with Crippen molar-refractivity contribution in [3.05, 3.63) is 34.3 Å². The Morgan fingerprint density at radius 3 is 2.62 bits per heavy atom. The van der Waals surface area contributed by atoms with Gasteiger partial charge in [0.25, 0.3) is 0 Å². The number of hydrogen-bond acceptors (Lipinski definition) is 4. The third-order valence-electron chi connectivity index (χ3n) is 5.42. The van der Waals surface area contributed by atoms with Gasteiger partial charge >= 0.3 is 5.97 Å². The van der Waals surface area contributed by atoms with Crippen LogP contribution in [-0.2, 0) is 19.9 Å². The molecule has 144 valence electrons. The molecule has 3 rings (SSSR count). The number of ether oxygens (including phenoxy) is 2. The van der Waals surface area contributed by atoms with Gasteiger partial charge in [0.15, 0.2) is 0 Å². The van der Waals surface area contributed by atoms with Crippen LogP contribution in [0.1, 0.15) is 64.9 Å². The fourth-order valence-corrected chi connectivity index (χ4v) is 4.71. The Balaban J connectivity index is 1.80. The lowest BCUT2D eigenvalue weighted by Crippen LogP contribution is -2.41. The number of rotatable bonds is 4. The summed E-state index contributed by atoms with van der Waals surface area (Å²) < 4.78 is 12.8. The summed E-state index contributed by atoms with van der Waals surface area (Å²) in [5.74, 6) is -0.309. The molecular weight excluding hydrogens is 394 g/mol. The summed E-state index contributed by atoms with van der Waals surface area (Å²) in [4.78, 5) is 12.2. The van der Waals surface area contributed by atoms with Crippen LogP contribution in [0.5, 0.6) is 0 Å². The van der Waals surface area contributed by atoms with Crippen LogP contribution < -0.4 is 5.32 Å². The average Bonchev–Trinajstić information content (AvgIpc) is 2.92. The normalized spacial score (nSPS) is 25.4. The lowest BCUT2D eigenvalue weighted by Gasteiger charge is -2.36. The SMILES string of the molecule is CC(C)(C)OC(=O)COC1(c2cccc(Br)c2)CNC2(CCCCC2)C1. The molecule has 1 saturated heterocycles. The van der Waals surface area contributed by atoms with Crippen molar-refractivity contribution in [2.45, 2.75) is 76.0 Å². The van der Waals surface area contributed by atoms with Crippen LogP contribution in [0.15, 0.2) is 28.7 Å². The smallest absolute Gasteiger partial charge is 0.332 e. The fourth-order valence-electron chi connectivity index (χ4n) is 4.31. The third-order valence-corrected chi connectivity index (χ3v) is 5.91. The Morgan fingerprint density at radius 1 is 1.23 bits per heavy atom. The van der Waals surface area contributed by atoms with E-state index in [-0.39, 0.29) is 18.1 Å². The van der Waals surface area contributed by atoms with Gasteiger partial charge in [-0.2, -0.15) is 0 Å². The van der Waals surface area contributed by atoms with E-state index in [9.17, 15) is 4.79 Å². The van der Waals surface area contributed by atoms with Crippen molar-refractivity contribution in [3.8, 4) is 0 Å². The molecule has 1 aliphatic carbocycles. The summed E-state index contributed by atoms with van der Waals surface area (Å²) in [7, 11) is 0. The standard InChI is InChI=1S/C21H30BrNO3/c1-19(2,3)26-18(24)13-25-21(16-8-7-9-17(22)12-16)14-20(23-15-21)10-5-4-6-11-20/h7-9,12,23H,4-6,10-11,13-15H2,1-3H3. The highest BCUT2D eigenvalue weighted by Gasteiger charge is 2.50. The Bertz CT molecular complexity index is 649. The van der Waals surface area contributed by atoms with Crippen LogP contribution in [0, 0.1) is 0 Å². The van der Waals surface area contributed by atoms with E-state index in [1.54, 1.807) is 0 Å². The first kappa shape index (κ1) is 19.8. The molecule has 26 heavy (non-hydrogen) atoms. The zero-order valence-corrected chi connectivity index (χ0v) is 17.7. The lowest BCUT2D eigenvalue weighted by molar-refractivity contribution is -0.167. The number of benzene rings is 1. The van der Waals surface area contributed by atoms with Crippen molar-refractivity contribution < 1.29 is 14.3 Å². The number of esters is 1. The summed E-state index contributed by atoms with van der Waals surface area (Å²) in [5.41, 5.74) is 0.263. The van der Waals surface area contributed by atoms with Crippen molar-refractivity contribution in [1.82, 2.24) is 5.32 Å². The van der Waals surface area contributed by atoms with Crippen molar-refractivity contribution in [2.75, 3.05) is 13.2 Å². The summed E-state index contributed by atoms with van der Waals surface area (Å²) >= 11 is 3.57. The van der Waals surface area contributed by atoms with Gasteiger partial charge in [0.1, 0.15) is 17.8 Å². The zero-order valence-electron chi connectivity index (χ0n) is 16.1. The minimum atomic E-state index is -0.498. The minimum absolute atomic E-state index is 0.0262. The molecule has 1 aromatic carbocycles. The van der Waals surface area contributed by atoms with E-state index in [2.05, 4.69) is 33.4 Å². The molecule has 2 fully saturated rings. The third kappa shape index (κ3) is 4.68. The monoisotopic (exact) mass is 423 g/mol. The molecule has 1 heterocycles. The van der Waals surface area contributed by atoms with Gasteiger partial charge in [0.2, 0.25) is 0 Å². The predicted octanol–water partition coefficient (Wildman–Crippen LogP) is 4.70. The van der Waals surface area contributed by atoms with Crippen molar-refractivity contribution in [1.29, 1.82) is 0 Å². The average molecular weight is 424 g/mol. The molecule has 1 aromatic rings. The molecule has 1 unspecified atom stereocenters. The first-order chi connectivity index (χ1) is 12.2. The van der Waals surface area contributed by atoms with E-state index < -0.39 is 11.2 Å². The second kappa shape index (κ2) is 7.61. The Morgan fingerprint density at radius 2 is 1.96 bits per heavy atom. The molecule has 0 aromatic heterocycles. The van der Waals surface area contributed by atoms with E-state index in [0.29, 0.717) is 0 Å². The van der Waals surface area contributed by atoms with Gasteiger partial charge in [0.05, 0.1) is 0 Å². The molecule has 1 atom stereocenters. The summed E-state index contributed by atoms with van der Waals surface area (Å²) in [6.45, 7) is 6.34. The van der Waals surface area contributed by atoms with Crippen LogP contribution in [0.3, 0.4) is 0 Å². The first-order valence-electron chi connectivity index (χ1n) is 9.59. The van der Waals surface area contributed by atoms with Crippen LogP contribution >= 0.6 is 15.9 Å². The maximum absolute atomic E-state index is 12.2. The van der Waals surface area contributed by atoms with Gasteiger partial charge < -0.3 is 14.8 Å². The van der Waals surface area contributed by atoms with Crippen molar-refractivity contribution in [2.24, 2.45) is 0 Å². The fraction of sp³-hybridized carbons (Fsp3) is 0.667. The summed E-state index contributed by atoms with van der Waals surface area (Å²) in [6.07, 6.45) is 7.09. The number of carbonyl (C=O) groups is 1. The second-order valence-electron chi connectivity index (χ2n) is 8.75. The van der Waals surface area contributed by atoms with E-state index in [1.807, 2.05) is 32.9 Å². The Hall–Kier alpha value is -0.910.